The number of nitrogens with zero attached hydrogens (tertiary/aromatic N) is 1. The van der Waals surface area contributed by atoms with Gasteiger partial charge in [0.2, 0.25) is 15.0 Å². The van der Waals surface area contributed by atoms with Crippen molar-refractivity contribution in [1.29, 1.82) is 0 Å². The molecule has 7 heteroatoms. The Hall–Kier alpha value is -0.590. The van der Waals surface area contributed by atoms with Crippen molar-refractivity contribution in [3.63, 3.8) is 0 Å². The Balaban J connectivity index is 1.91. The van der Waals surface area contributed by atoms with Crippen LogP contribution < -0.4 is 0 Å². The Kier molecular flexibility index (Phi) is 5.09. The molecule has 0 aromatic heterocycles. The van der Waals surface area contributed by atoms with E-state index in [1.54, 1.807) is 4.90 Å². The molecule has 1 aromatic rings. The van der Waals surface area contributed by atoms with Crippen molar-refractivity contribution in [3.05, 3.63) is 34.3 Å². The van der Waals surface area contributed by atoms with Gasteiger partial charge in [-0.3, -0.25) is 4.79 Å². The van der Waals surface area contributed by atoms with Crippen molar-refractivity contribution in [2.45, 2.75) is 12.8 Å². The lowest BCUT2D eigenvalue weighted by Gasteiger charge is -2.16. The summed E-state index contributed by atoms with van der Waals surface area (Å²) in [5.74, 6) is -0.321. The normalized spacial score (nSPS) is 19.6. The number of rotatable bonds is 5. The van der Waals surface area contributed by atoms with Crippen molar-refractivity contribution in [3.8, 4) is 0 Å². The van der Waals surface area contributed by atoms with E-state index in [1.165, 1.54) is 0 Å². The Morgan fingerprint density at radius 2 is 2.05 bits per heavy atom. The molecule has 0 spiro atoms. The van der Waals surface area contributed by atoms with Crippen molar-refractivity contribution in [1.82, 2.24) is 4.90 Å². The van der Waals surface area contributed by atoms with Gasteiger partial charge in [-0.15, -0.1) is 0 Å². The van der Waals surface area contributed by atoms with Crippen LogP contribution >= 0.6 is 26.6 Å². The van der Waals surface area contributed by atoms with Crippen LogP contribution in [0.25, 0.3) is 0 Å². The third-order valence-electron chi connectivity index (χ3n) is 3.34. The molecule has 1 unspecified atom stereocenters. The van der Waals surface area contributed by atoms with Gasteiger partial charge in [0.05, 0.1) is 5.75 Å². The van der Waals surface area contributed by atoms with Gasteiger partial charge in [-0.05, 0) is 18.1 Å². The molecule has 0 saturated carbocycles. The van der Waals surface area contributed by atoms with Crippen LogP contribution in [-0.4, -0.2) is 38.1 Å². The summed E-state index contributed by atoms with van der Waals surface area (Å²) in [5, 5.41) is 0. The maximum Gasteiger partial charge on any atom is 0.232 e. The largest absolute Gasteiger partial charge is 0.342 e. The van der Waals surface area contributed by atoms with Crippen molar-refractivity contribution in [2.75, 3.05) is 18.8 Å². The third-order valence-corrected chi connectivity index (χ3v) is 5.36. The lowest BCUT2D eigenvalue weighted by atomic mass is 10.1. The predicted octanol–water partition coefficient (Wildman–Crippen LogP) is 2.41. The summed E-state index contributed by atoms with van der Waals surface area (Å²) in [7, 11) is 1.70. The quantitative estimate of drug-likeness (QED) is 0.737. The average molecular weight is 381 g/mol. The summed E-state index contributed by atoms with van der Waals surface area (Å²) in [4.78, 5) is 13.6. The van der Waals surface area contributed by atoms with E-state index >= 15 is 0 Å². The SMILES string of the molecule is O=C1CC(CS(=O)(=O)Cl)CN1CCc1ccccc1Br. The van der Waals surface area contributed by atoms with E-state index in [2.05, 4.69) is 15.9 Å². The minimum absolute atomic E-state index is 0.00219. The molecule has 0 radical (unpaired) electrons. The van der Waals surface area contributed by atoms with Gasteiger partial charge in [-0.2, -0.15) is 0 Å². The molecule has 4 nitrogen and oxygen atoms in total. The first kappa shape index (κ1) is 15.8. The Bertz CT molecular complexity index is 605. The molecule has 0 N–H and O–H groups in total. The van der Waals surface area contributed by atoms with Gasteiger partial charge in [0.1, 0.15) is 0 Å². The number of halogens is 2. The number of carbonyl (C=O) groups is 1. The zero-order chi connectivity index (χ0) is 14.8. The molecule has 1 aliphatic heterocycles. The molecule has 1 amide bonds. The minimum Gasteiger partial charge on any atom is -0.342 e. The van der Waals surface area contributed by atoms with Gasteiger partial charge in [0, 0.05) is 40.6 Å². The number of benzene rings is 1. The molecule has 1 heterocycles. The average Bonchev–Trinajstić information content (AvgIpc) is 2.66. The Morgan fingerprint density at radius 3 is 2.70 bits per heavy atom. The molecule has 1 saturated heterocycles. The first-order chi connectivity index (χ1) is 9.35. The maximum atomic E-state index is 11.9. The number of likely N-dealkylation sites (tertiary alicyclic amines) is 1. The van der Waals surface area contributed by atoms with Crippen LogP contribution in [0.3, 0.4) is 0 Å². The van der Waals surface area contributed by atoms with Crippen LogP contribution in [0.1, 0.15) is 12.0 Å². The molecule has 1 atom stereocenters. The highest BCUT2D eigenvalue weighted by Crippen LogP contribution is 2.22. The van der Waals surface area contributed by atoms with Crippen LogP contribution in [0.15, 0.2) is 28.7 Å². The summed E-state index contributed by atoms with van der Waals surface area (Å²) in [6, 6.07) is 7.86. The Labute approximate surface area is 131 Å². The molecule has 0 bridgehead atoms. The highest BCUT2D eigenvalue weighted by atomic mass is 79.9. The number of hydrogen-bond donors (Lipinski definition) is 0. The van der Waals surface area contributed by atoms with Gasteiger partial charge in [0.25, 0.3) is 0 Å². The zero-order valence-electron chi connectivity index (χ0n) is 10.8. The summed E-state index contributed by atoms with van der Waals surface area (Å²) < 4.78 is 23.1. The lowest BCUT2D eigenvalue weighted by Crippen LogP contribution is -2.28. The fraction of sp³-hybridized carbons (Fsp3) is 0.462. The van der Waals surface area contributed by atoms with Gasteiger partial charge in [-0.25, -0.2) is 8.42 Å². The second kappa shape index (κ2) is 6.45. The highest BCUT2D eigenvalue weighted by Gasteiger charge is 2.31. The van der Waals surface area contributed by atoms with Crippen LogP contribution in [0.4, 0.5) is 0 Å². The second-order valence-electron chi connectivity index (χ2n) is 4.96. The zero-order valence-corrected chi connectivity index (χ0v) is 13.9. The Morgan fingerprint density at radius 1 is 1.35 bits per heavy atom. The molecule has 1 aliphatic rings. The van der Waals surface area contributed by atoms with E-state index < -0.39 is 9.05 Å². The topological polar surface area (TPSA) is 54.5 Å². The van der Waals surface area contributed by atoms with Crippen molar-refractivity contribution < 1.29 is 13.2 Å². The second-order valence-corrected chi connectivity index (χ2v) is 8.63. The van der Waals surface area contributed by atoms with Gasteiger partial charge in [-0.1, -0.05) is 34.1 Å². The van der Waals surface area contributed by atoms with E-state index in [0.29, 0.717) is 13.1 Å². The predicted molar refractivity (Wildman–Crippen MR) is 82.2 cm³/mol. The van der Waals surface area contributed by atoms with E-state index in [4.69, 9.17) is 10.7 Å². The summed E-state index contributed by atoms with van der Waals surface area (Å²) in [5.41, 5.74) is 1.13. The molecule has 0 aliphatic carbocycles. The monoisotopic (exact) mass is 379 g/mol. The van der Waals surface area contributed by atoms with E-state index in [0.717, 1.165) is 16.5 Å². The first-order valence-corrected chi connectivity index (χ1v) is 9.56. The van der Waals surface area contributed by atoms with E-state index in [9.17, 15) is 13.2 Å². The third kappa shape index (κ3) is 4.46. The smallest absolute Gasteiger partial charge is 0.232 e. The van der Waals surface area contributed by atoms with Crippen LogP contribution in [-0.2, 0) is 20.3 Å². The van der Waals surface area contributed by atoms with Crippen LogP contribution in [0, 0.1) is 5.92 Å². The molecule has 20 heavy (non-hydrogen) atoms. The fourth-order valence-electron chi connectivity index (χ4n) is 2.42. The highest BCUT2D eigenvalue weighted by molar-refractivity contribution is 9.10. The van der Waals surface area contributed by atoms with Crippen LogP contribution in [0.2, 0.25) is 0 Å². The first-order valence-electron chi connectivity index (χ1n) is 6.28. The van der Waals surface area contributed by atoms with Crippen LogP contribution in [0.5, 0.6) is 0 Å². The molecular weight excluding hydrogens is 366 g/mol. The summed E-state index contributed by atoms with van der Waals surface area (Å²) in [6.45, 7) is 1.06. The van der Waals surface area contributed by atoms with E-state index in [1.807, 2.05) is 24.3 Å². The van der Waals surface area contributed by atoms with Gasteiger partial charge >= 0.3 is 0 Å². The summed E-state index contributed by atoms with van der Waals surface area (Å²) in [6.07, 6.45) is 1.01. The molecule has 1 aromatic carbocycles. The number of hydrogen-bond acceptors (Lipinski definition) is 3. The van der Waals surface area contributed by atoms with E-state index in [-0.39, 0.29) is 24.0 Å². The van der Waals surface area contributed by atoms with Crippen molar-refractivity contribution >= 4 is 41.6 Å². The number of carbonyl (C=O) groups excluding carboxylic acids is 1. The van der Waals surface area contributed by atoms with Crippen molar-refractivity contribution in [2.24, 2.45) is 5.92 Å². The van der Waals surface area contributed by atoms with Gasteiger partial charge in [0.15, 0.2) is 0 Å². The maximum absolute atomic E-state index is 11.9. The standard InChI is InChI=1S/C13H15BrClNO3S/c14-12-4-2-1-3-11(12)5-6-16-8-10(7-13(16)17)9-20(15,18)19/h1-4,10H,5-9H2. The molecule has 110 valence electrons. The number of amides is 1. The molecule has 2 rings (SSSR count). The van der Waals surface area contributed by atoms with Gasteiger partial charge < -0.3 is 4.90 Å². The molecule has 1 fully saturated rings. The fourth-order valence-corrected chi connectivity index (χ4v) is 4.22. The minimum atomic E-state index is -3.54. The summed E-state index contributed by atoms with van der Waals surface area (Å²) >= 11 is 3.47. The molecular formula is C13H15BrClNO3S. The lowest BCUT2D eigenvalue weighted by molar-refractivity contribution is -0.127.